The molecule has 0 aliphatic carbocycles. The second-order valence-corrected chi connectivity index (χ2v) is 6.89. The summed E-state index contributed by atoms with van der Waals surface area (Å²) in [7, 11) is 0. The lowest BCUT2D eigenvalue weighted by molar-refractivity contribution is -0.384. The van der Waals surface area contributed by atoms with Gasteiger partial charge in [0.1, 0.15) is 16.5 Å². The Morgan fingerprint density at radius 1 is 1.04 bits per heavy atom. The number of hydrogen-bond donors (Lipinski definition) is 1. The number of amides is 1. The van der Waals surface area contributed by atoms with Gasteiger partial charge in [0.15, 0.2) is 0 Å². The van der Waals surface area contributed by atoms with Gasteiger partial charge in [-0.1, -0.05) is 34.8 Å². The lowest BCUT2D eigenvalue weighted by Crippen LogP contribution is -2.07. The molecule has 0 aliphatic heterocycles. The van der Waals surface area contributed by atoms with Gasteiger partial charge in [0.05, 0.1) is 4.92 Å². The number of nitrogens with zero attached hydrogens (tertiary/aromatic N) is 1. The Labute approximate surface area is 174 Å². The van der Waals surface area contributed by atoms with Crippen LogP contribution in [0, 0.1) is 10.1 Å². The highest BCUT2D eigenvalue weighted by atomic mass is 35.5. The Morgan fingerprint density at radius 2 is 1.75 bits per heavy atom. The fourth-order valence-corrected chi connectivity index (χ4v) is 3.08. The number of nitrogens with one attached hydrogen (secondary N) is 1. The average Bonchev–Trinajstić information content (AvgIpc) is 3.10. The summed E-state index contributed by atoms with van der Waals surface area (Å²) in [6.45, 7) is 0. The number of carbonyl (C=O) groups is 1. The van der Waals surface area contributed by atoms with E-state index in [1.165, 1.54) is 30.4 Å². The molecule has 1 heterocycles. The van der Waals surface area contributed by atoms with Crippen molar-refractivity contribution in [1.29, 1.82) is 0 Å². The van der Waals surface area contributed by atoms with E-state index in [1.807, 2.05) is 0 Å². The van der Waals surface area contributed by atoms with E-state index in [1.54, 1.807) is 30.3 Å². The normalized spacial score (nSPS) is 11.0. The molecule has 9 heteroatoms. The topological polar surface area (TPSA) is 85.4 Å². The molecule has 0 atom stereocenters. The number of halogens is 3. The van der Waals surface area contributed by atoms with Crippen molar-refractivity contribution in [3.8, 4) is 11.3 Å². The van der Waals surface area contributed by atoms with Gasteiger partial charge >= 0.3 is 0 Å². The molecule has 0 aliphatic rings. The number of carbonyl (C=O) groups excluding carboxylic acids is 1. The molecule has 6 nitrogen and oxygen atoms in total. The number of rotatable bonds is 5. The molecule has 0 bridgehead atoms. The minimum atomic E-state index is -0.625. The number of hydrogen-bond acceptors (Lipinski definition) is 4. The van der Waals surface area contributed by atoms with E-state index in [0.717, 1.165) is 0 Å². The highest BCUT2D eigenvalue weighted by Gasteiger charge is 2.13. The van der Waals surface area contributed by atoms with Crippen molar-refractivity contribution in [2.75, 3.05) is 5.32 Å². The zero-order chi connectivity index (χ0) is 20.3. The van der Waals surface area contributed by atoms with Gasteiger partial charge in [0.2, 0.25) is 5.91 Å². The molecule has 0 saturated carbocycles. The first-order valence-electron chi connectivity index (χ1n) is 7.81. The Morgan fingerprint density at radius 3 is 2.43 bits per heavy atom. The van der Waals surface area contributed by atoms with Gasteiger partial charge in [0.25, 0.3) is 5.69 Å². The second-order valence-electron chi connectivity index (χ2n) is 5.61. The van der Waals surface area contributed by atoms with Gasteiger partial charge in [-0.3, -0.25) is 14.9 Å². The van der Waals surface area contributed by atoms with Crippen LogP contribution in [0.25, 0.3) is 17.4 Å². The first-order chi connectivity index (χ1) is 13.3. The summed E-state index contributed by atoms with van der Waals surface area (Å²) in [5.41, 5.74) is 0.661. The first-order valence-corrected chi connectivity index (χ1v) is 8.94. The Kier molecular flexibility index (Phi) is 6.04. The van der Waals surface area contributed by atoms with E-state index in [-0.39, 0.29) is 16.4 Å². The predicted molar refractivity (Wildman–Crippen MR) is 110 cm³/mol. The molecule has 0 saturated heterocycles. The van der Waals surface area contributed by atoms with E-state index >= 15 is 0 Å². The average molecular weight is 438 g/mol. The van der Waals surface area contributed by atoms with Crippen molar-refractivity contribution >= 4 is 58.2 Å². The molecule has 3 aromatic rings. The standard InChI is InChI=1S/C19H11Cl3N2O4/c20-12-7-11(8-13(21)9-12)18-5-2-15(28-18)3-6-19(25)23-14-1-4-16(22)17(10-14)24(26)27/h1-10H,(H,23,25)/b6-3+. The van der Waals surface area contributed by atoms with Crippen LogP contribution in [0.15, 0.2) is 59.0 Å². The molecular weight excluding hydrogens is 427 g/mol. The van der Waals surface area contributed by atoms with E-state index in [9.17, 15) is 14.9 Å². The second kappa shape index (κ2) is 8.48. The van der Waals surface area contributed by atoms with Crippen LogP contribution < -0.4 is 5.32 Å². The predicted octanol–water partition coefficient (Wildman–Crippen LogP) is 6.47. The summed E-state index contributed by atoms with van der Waals surface area (Å²) < 4.78 is 5.66. The minimum absolute atomic E-state index is 0.0113. The molecule has 1 N–H and O–H groups in total. The number of furan rings is 1. The van der Waals surface area contributed by atoms with Crippen molar-refractivity contribution in [3.63, 3.8) is 0 Å². The molecule has 1 amide bonds. The number of nitro benzene ring substituents is 1. The van der Waals surface area contributed by atoms with Gasteiger partial charge in [-0.25, -0.2) is 0 Å². The summed E-state index contributed by atoms with van der Waals surface area (Å²) in [4.78, 5) is 22.3. The van der Waals surface area contributed by atoms with Gasteiger partial charge in [-0.15, -0.1) is 0 Å². The van der Waals surface area contributed by atoms with E-state index in [4.69, 9.17) is 39.2 Å². The lowest BCUT2D eigenvalue weighted by atomic mass is 10.2. The maximum absolute atomic E-state index is 12.0. The van der Waals surface area contributed by atoms with Crippen molar-refractivity contribution in [2.45, 2.75) is 0 Å². The van der Waals surface area contributed by atoms with Crippen LogP contribution in [0.2, 0.25) is 15.1 Å². The molecule has 0 radical (unpaired) electrons. The summed E-state index contributed by atoms with van der Waals surface area (Å²) in [6, 6.07) is 12.4. The third-order valence-corrected chi connectivity index (χ3v) is 4.34. The van der Waals surface area contributed by atoms with E-state index < -0.39 is 10.8 Å². The summed E-state index contributed by atoms with van der Waals surface area (Å²) in [6.07, 6.45) is 2.71. The summed E-state index contributed by atoms with van der Waals surface area (Å²) >= 11 is 17.7. The van der Waals surface area contributed by atoms with Crippen molar-refractivity contribution in [1.82, 2.24) is 0 Å². The molecule has 2 aromatic carbocycles. The van der Waals surface area contributed by atoms with Crippen molar-refractivity contribution < 1.29 is 14.1 Å². The monoisotopic (exact) mass is 436 g/mol. The molecule has 0 spiro atoms. The third-order valence-electron chi connectivity index (χ3n) is 3.58. The minimum Gasteiger partial charge on any atom is -0.457 e. The van der Waals surface area contributed by atoms with E-state index in [2.05, 4.69) is 5.32 Å². The smallest absolute Gasteiger partial charge is 0.289 e. The maximum Gasteiger partial charge on any atom is 0.289 e. The van der Waals surface area contributed by atoms with Crippen LogP contribution >= 0.6 is 34.8 Å². The van der Waals surface area contributed by atoms with E-state index in [0.29, 0.717) is 27.1 Å². The molecule has 0 unspecified atom stereocenters. The van der Waals surface area contributed by atoms with Gasteiger partial charge in [-0.05, 0) is 48.5 Å². The number of nitro groups is 1. The van der Waals surface area contributed by atoms with Crippen LogP contribution in [0.1, 0.15) is 5.76 Å². The largest absolute Gasteiger partial charge is 0.457 e. The molecule has 3 rings (SSSR count). The molecular formula is C19H11Cl3N2O4. The highest BCUT2D eigenvalue weighted by molar-refractivity contribution is 6.35. The van der Waals surface area contributed by atoms with Gasteiger partial charge < -0.3 is 9.73 Å². The Balaban J connectivity index is 1.71. The fourth-order valence-electron chi connectivity index (χ4n) is 2.37. The highest BCUT2D eigenvalue weighted by Crippen LogP contribution is 2.29. The SMILES string of the molecule is O=C(/C=C/c1ccc(-c2cc(Cl)cc(Cl)c2)o1)Nc1ccc(Cl)c([N+](=O)[O-])c1. The molecule has 0 fully saturated rings. The van der Waals surface area contributed by atoms with Crippen LogP contribution in [0.5, 0.6) is 0 Å². The first kappa shape index (κ1) is 19.9. The summed E-state index contributed by atoms with van der Waals surface area (Å²) in [5.74, 6) is 0.487. The van der Waals surface area contributed by atoms with Crippen LogP contribution in [0.3, 0.4) is 0 Å². The number of anilines is 1. The number of benzene rings is 2. The van der Waals surface area contributed by atoms with Crippen molar-refractivity contribution in [2.24, 2.45) is 0 Å². The maximum atomic E-state index is 12.0. The van der Waals surface area contributed by atoms with Crippen LogP contribution in [-0.4, -0.2) is 10.8 Å². The zero-order valence-corrected chi connectivity index (χ0v) is 16.3. The van der Waals surface area contributed by atoms with Crippen LogP contribution in [0.4, 0.5) is 11.4 Å². The fraction of sp³-hybridized carbons (Fsp3) is 0. The Bertz CT molecular complexity index is 1070. The quantitative estimate of drug-likeness (QED) is 0.282. The Hall–Kier alpha value is -2.80. The molecule has 142 valence electrons. The van der Waals surface area contributed by atoms with Gasteiger partial charge in [0, 0.05) is 33.4 Å². The van der Waals surface area contributed by atoms with Crippen molar-refractivity contribution in [3.05, 3.63) is 85.5 Å². The summed E-state index contributed by atoms with van der Waals surface area (Å²) in [5, 5.41) is 14.4. The van der Waals surface area contributed by atoms with Gasteiger partial charge in [-0.2, -0.15) is 0 Å². The molecule has 1 aromatic heterocycles. The zero-order valence-electron chi connectivity index (χ0n) is 14.0. The molecule has 28 heavy (non-hydrogen) atoms. The third kappa shape index (κ3) is 4.92. The lowest BCUT2D eigenvalue weighted by Gasteiger charge is -2.02. The van der Waals surface area contributed by atoms with Crippen LogP contribution in [-0.2, 0) is 4.79 Å².